The summed E-state index contributed by atoms with van der Waals surface area (Å²) >= 11 is 0. The topological polar surface area (TPSA) is 33.4 Å². The second-order valence-corrected chi connectivity index (χ2v) is 4.84. The number of furan rings is 1. The highest BCUT2D eigenvalue weighted by Crippen LogP contribution is 2.20. The molecule has 2 nitrogen and oxygen atoms in total. The Morgan fingerprint density at radius 2 is 1.35 bits per heavy atom. The van der Waals surface area contributed by atoms with E-state index in [0.717, 1.165) is 24.2 Å². The molecule has 0 amide bonds. The molecule has 0 aliphatic heterocycles. The molecule has 0 unspecified atom stereocenters. The van der Waals surface area contributed by atoms with Crippen LogP contribution >= 0.6 is 0 Å². The normalized spacial score (nSPS) is 10.6. The van der Waals surface area contributed by atoms with Crippen molar-refractivity contribution in [1.82, 2.24) is 0 Å². The number of rotatable bonds is 4. The lowest BCUT2D eigenvalue weighted by atomic mass is 10.0. The molecule has 0 saturated carbocycles. The van der Waals surface area contributed by atoms with Crippen molar-refractivity contribution in [2.24, 2.45) is 0 Å². The molecule has 100 valence electrons. The Morgan fingerprint density at radius 3 is 1.90 bits per heavy atom. The lowest BCUT2D eigenvalue weighted by molar-refractivity contribution is 0.475. The van der Waals surface area contributed by atoms with Crippen molar-refractivity contribution in [3.63, 3.8) is 0 Å². The van der Waals surface area contributed by atoms with Gasteiger partial charge in [0, 0.05) is 5.56 Å². The number of aryl methyl sites for hydroxylation is 2. The van der Waals surface area contributed by atoms with E-state index < -0.39 is 0 Å². The summed E-state index contributed by atoms with van der Waals surface area (Å²) < 4.78 is 5.38. The molecular formula is C18H16O2. The van der Waals surface area contributed by atoms with Gasteiger partial charge in [0.15, 0.2) is 0 Å². The third-order valence-corrected chi connectivity index (χ3v) is 3.40. The molecule has 3 aromatic rings. The van der Waals surface area contributed by atoms with Gasteiger partial charge in [-0.2, -0.15) is 0 Å². The lowest BCUT2D eigenvalue weighted by Crippen LogP contribution is -1.91. The molecule has 1 heterocycles. The summed E-state index contributed by atoms with van der Waals surface area (Å²) in [5, 5.41) is 9.25. The molecule has 0 aliphatic rings. The third-order valence-electron chi connectivity index (χ3n) is 3.40. The van der Waals surface area contributed by atoms with Crippen LogP contribution in [0.15, 0.2) is 71.3 Å². The van der Waals surface area contributed by atoms with Crippen LogP contribution in [0.1, 0.15) is 11.1 Å². The minimum absolute atomic E-state index is 0.316. The minimum atomic E-state index is 0.316. The van der Waals surface area contributed by atoms with Crippen LogP contribution < -0.4 is 0 Å². The molecule has 3 rings (SSSR count). The van der Waals surface area contributed by atoms with Crippen LogP contribution in [-0.4, -0.2) is 5.11 Å². The number of phenols is 1. The van der Waals surface area contributed by atoms with E-state index in [1.54, 1.807) is 18.4 Å². The smallest absolute Gasteiger partial charge is 0.133 e. The van der Waals surface area contributed by atoms with E-state index in [9.17, 15) is 5.11 Å². The Labute approximate surface area is 118 Å². The number of phenolic OH excluding ortho intramolecular Hbond substituents is 1. The molecule has 20 heavy (non-hydrogen) atoms. The first-order valence-electron chi connectivity index (χ1n) is 6.72. The number of aromatic hydroxyl groups is 1. The van der Waals surface area contributed by atoms with Gasteiger partial charge < -0.3 is 9.52 Å². The van der Waals surface area contributed by atoms with Crippen LogP contribution in [0.2, 0.25) is 0 Å². The quantitative estimate of drug-likeness (QED) is 0.755. The zero-order valence-electron chi connectivity index (χ0n) is 11.1. The Hall–Kier alpha value is -2.48. The SMILES string of the molecule is Oc1ccc(CCc2ccc(-c3ccco3)cc2)cc1. The Kier molecular flexibility index (Phi) is 3.55. The molecule has 2 heteroatoms. The maximum atomic E-state index is 9.25. The average Bonchev–Trinajstić information content (AvgIpc) is 3.01. The van der Waals surface area contributed by atoms with Crippen LogP contribution in [0.25, 0.3) is 11.3 Å². The highest BCUT2D eigenvalue weighted by molar-refractivity contribution is 5.57. The standard InChI is InChI=1S/C18H16O2/c19-17-11-7-15(8-12-17)4-3-14-5-9-16(10-6-14)18-2-1-13-20-18/h1-2,5-13,19H,3-4H2. The van der Waals surface area contributed by atoms with Crippen molar-refractivity contribution < 1.29 is 9.52 Å². The Morgan fingerprint density at radius 1 is 0.750 bits per heavy atom. The Balaban J connectivity index is 1.65. The first kappa shape index (κ1) is 12.5. The number of hydrogen-bond donors (Lipinski definition) is 1. The van der Waals surface area contributed by atoms with Gasteiger partial charge in [-0.1, -0.05) is 36.4 Å². The van der Waals surface area contributed by atoms with Crippen LogP contribution in [0, 0.1) is 0 Å². The van der Waals surface area contributed by atoms with Crippen molar-refractivity contribution in [2.45, 2.75) is 12.8 Å². The van der Waals surface area contributed by atoms with Crippen LogP contribution in [0.5, 0.6) is 5.75 Å². The van der Waals surface area contributed by atoms with E-state index in [1.165, 1.54) is 11.1 Å². The monoisotopic (exact) mass is 264 g/mol. The van der Waals surface area contributed by atoms with E-state index in [0.29, 0.717) is 5.75 Å². The molecule has 0 bridgehead atoms. The predicted octanol–water partition coefficient (Wildman–Crippen LogP) is 4.44. The highest BCUT2D eigenvalue weighted by atomic mass is 16.3. The van der Waals surface area contributed by atoms with E-state index in [4.69, 9.17) is 4.42 Å². The molecule has 1 N–H and O–H groups in total. The zero-order valence-corrected chi connectivity index (χ0v) is 11.1. The molecule has 0 fully saturated rings. The van der Waals surface area contributed by atoms with Crippen molar-refractivity contribution in [3.8, 4) is 17.1 Å². The van der Waals surface area contributed by atoms with Crippen molar-refractivity contribution in [1.29, 1.82) is 0 Å². The van der Waals surface area contributed by atoms with Crippen molar-refractivity contribution in [3.05, 3.63) is 78.1 Å². The Bertz CT molecular complexity index is 650. The van der Waals surface area contributed by atoms with Gasteiger partial charge >= 0.3 is 0 Å². The van der Waals surface area contributed by atoms with Gasteiger partial charge in [-0.05, 0) is 48.2 Å². The van der Waals surface area contributed by atoms with E-state index in [2.05, 4.69) is 24.3 Å². The summed E-state index contributed by atoms with van der Waals surface area (Å²) in [7, 11) is 0. The van der Waals surface area contributed by atoms with Gasteiger partial charge in [0.2, 0.25) is 0 Å². The fourth-order valence-electron chi connectivity index (χ4n) is 2.23. The van der Waals surface area contributed by atoms with Crippen molar-refractivity contribution in [2.75, 3.05) is 0 Å². The van der Waals surface area contributed by atoms with Gasteiger partial charge in [-0.3, -0.25) is 0 Å². The maximum absolute atomic E-state index is 9.25. The van der Waals surface area contributed by atoms with Crippen LogP contribution in [-0.2, 0) is 12.8 Å². The van der Waals surface area contributed by atoms with Gasteiger partial charge in [0.25, 0.3) is 0 Å². The van der Waals surface area contributed by atoms with Gasteiger partial charge in [-0.15, -0.1) is 0 Å². The summed E-state index contributed by atoms with van der Waals surface area (Å²) in [4.78, 5) is 0. The van der Waals surface area contributed by atoms with Gasteiger partial charge in [-0.25, -0.2) is 0 Å². The summed E-state index contributed by atoms with van der Waals surface area (Å²) in [6.45, 7) is 0. The van der Waals surface area contributed by atoms with Gasteiger partial charge in [0.1, 0.15) is 11.5 Å². The highest BCUT2D eigenvalue weighted by Gasteiger charge is 2.01. The molecule has 0 spiro atoms. The molecular weight excluding hydrogens is 248 g/mol. The fraction of sp³-hybridized carbons (Fsp3) is 0.111. The average molecular weight is 264 g/mol. The summed E-state index contributed by atoms with van der Waals surface area (Å²) in [6.07, 6.45) is 3.65. The third kappa shape index (κ3) is 2.91. The minimum Gasteiger partial charge on any atom is -0.508 e. The molecule has 0 atom stereocenters. The molecule has 1 aromatic heterocycles. The maximum Gasteiger partial charge on any atom is 0.133 e. The van der Waals surface area contributed by atoms with E-state index in [-0.39, 0.29) is 0 Å². The van der Waals surface area contributed by atoms with E-state index >= 15 is 0 Å². The first-order valence-corrected chi connectivity index (χ1v) is 6.72. The lowest BCUT2D eigenvalue weighted by Gasteiger charge is -2.04. The molecule has 0 aliphatic carbocycles. The number of hydrogen-bond acceptors (Lipinski definition) is 2. The van der Waals surface area contributed by atoms with Crippen LogP contribution in [0.3, 0.4) is 0 Å². The van der Waals surface area contributed by atoms with Crippen molar-refractivity contribution >= 4 is 0 Å². The first-order chi connectivity index (χ1) is 9.81. The predicted molar refractivity (Wildman–Crippen MR) is 79.7 cm³/mol. The largest absolute Gasteiger partial charge is 0.508 e. The second kappa shape index (κ2) is 5.66. The summed E-state index contributed by atoms with van der Waals surface area (Å²) in [5.74, 6) is 1.21. The molecule has 0 radical (unpaired) electrons. The number of benzene rings is 2. The van der Waals surface area contributed by atoms with Gasteiger partial charge in [0.05, 0.1) is 6.26 Å². The van der Waals surface area contributed by atoms with Crippen LogP contribution in [0.4, 0.5) is 0 Å². The second-order valence-electron chi connectivity index (χ2n) is 4.84. The van der Waals surface area contributed by atoms with E-state index in [1.807, 2.05) is 24.3 Å². The fourth-order valence-corrected chi connectivity index (χ4v) is 2.23. The zero-order chi connectivity index (χ0) is 13.8. The molecule has 0 saturated heterocycles. The summed E-state index contributed by atoms with van der Waals surface area (Å²) in [6, 6.07) is 19.7. The summed E-state index contributed by atoms with van der Waals surface area (Å²) in [5.41, 5.74) is 3.63. The molecule has 2 aromatic carbocycles.